The third-order valence-corrected chi connectivity index (χ3v) is 7.46. The number of tetrazole rings is 1. The zero-order valence-corrected chi connectivity index (χ0v) is 22.3. The van der Waals surface area contributed by atoms with Crippen LogP contribution in [0.15, 0.2) is 78.0 Å². The van der Waals surface area contributed by atoms with Crippen molar-refractivity contribution in [1.29, 1.82) is 0 Å². The number of carbonyl (C=O) groups is 2. The molecule has 1 aliphatic rings. The van der Waals surface area contributed by atoms with Crippen LogP contribution in [0.1, 0.15) is 15.9 Å². The number of thioether (sulfide) groups is 1. The number of nitrogens with one attached hydrogen (secondary N) is 1. The Hall–Kier alpha value is -3.89. The molecule has 3 aromatic carbocycles. The van der Waals surface area contributed by atoms with E-state index >= 15 is 0 Å². The summed E-state index contributed by atoms with van der Waals surface area (Å²) in [5, 5.41) is 16.0. The van der Waals surface area contributed by atoms with Gasteiger partial charge in [0.25, 0.3) is 5.91 Å². The van der Waals surface area contributed by atoms with Crippen LogP contribution in [0.5, 0.6) is 0 Å². The average molecular weight is 548 g/mol. The van der Waals surface area contributed by atoms with Gasteiger partial charge in [0.05, 0.1) is 11.4 Å². The molecule has 0 bridgehead atoms. The van der Waals surface area contributed by atoms with Crippen molar-refractivity contribution < 1.29 is 9.59 Å². The summed E-state index contributed by atoms with van der Waals surface area (Å²) in [4.78, 5) is 29.4. The molecular weight excluding hydrogens is 522 g/mol. The number of halogens is 1. The molecule has 1 fully saturated rings. The first-order chi connectivity index (χ1) is 18.5. The zero-order valence-electron chi connectivity index (χ0n) is 20.7. The van der Waals surface area contributed by atoms with E-state index in [1.54, 1.807) is 28.9 Å². The van der Waals surface area contributed by atoms with Crippen molar-refractivity contribution in [2.75, 3.05) is 42.1 Å². The predicted octanol–water partition coefficient (Wildman–Crippen LogP) is 4.32. The number of benzene rings is 3. The lowest BCUT2D eigenvalue weighted by Crippen LogP contribution is -2.48. The summed E-state index contributed by atoms with van der Waals surface area (Å²) in [5.74, 6) is 0.0547. The smallest absolute Gasteiger partial charge is 0.253 e. The maximum atomic E-state index is 12.7. The van der Waals surface area contributed by atoms with Gasteiger partial charge in [-0.1, -0.05) is 41.6 Å². The molecule has 0 saturated carbocycles. The molecule has 2 amide bonds. The maximum Gasteiger partial charge on any atom is 0.253 e. The van der Waals surface area contributed by atoms with Crippen molar-refractivity contribution in [3.05, 3.63) is 88.9 Å². The number of hydrogen-bond donors (Lipinski definition) is 1. The van der Waals surface area contributed by atoms with E-state index in [0.29, 0.717) is 28.8 Å². The molecule has 1 saturated heterocycles. The molecule has 0 atom stereocenters. The number of aromatic nitrogens is 4. The van der Waals surface area contributed by atoms with Crippen molar-refractivity contribution in [2.45, 2.75) is 12.1 Å². The number of nitrogens with zero attached hydrogens (tertiary/aromatic N) is 6. The lowest BCUT2D eigenvalue weighted by Gasteiger charge is -2.36. The molecule has 194 valence electrons. The molecule has 0 unspecified atom stereocenters. The van der Waals surface area contributed by atoms with E-state index in [2.05, 4.69) is 25.7 Å². The first-order valence-electron chi connectivity index (χ1n) is 12.1. The maximum absolute atomic E-state index is 12.7. The average Bonchev–Trinajstić information content (AvgIpc) is 3.41. The molecule has 11 heteroatoms. The SMILES string of the molecule is Cc1ccccc1-n1nnnc1SCC(=O)Nc1ccc(N2CCN(C(=O)c3ccc(Cl)cc3)CC2)cc1. The van der Waals surface area contributed by atoms with E-state index in [1.165, 1.54) is 11.8 Å². The monoisotopic (exact) mass is 547 g/mol. The van der Waals surface area contributed by atoms with Gasteiger partial charge in [-0.2, -0.15) is 4.68 Å². The van der Waals surface area contributed by atoms with E-state index in [-0.39, 0.29) is 17.6 Å². The fraction of sp³-hybridized carbons (Fsp3) is 0.222. The van der Waals surface area contributed by atoms with Gasteiger partial charge in [0.2, 0.25) is 11.1 Å². The quantitative estimate of drug-likeness (QED) is 0.344. The van der Waals surface area contributed by atoms with E-state index in [9.17, 15) is 9.59 Å². The Morgan fingerprint density at radius 1 is 0.947 bits per heavy atom. The first kappa shape index (κ1) is 25.7. The van der Waals surface area contributed by atoms with Crippen LogP contribution >= 0.6 is 23.4 Å². The summed E-state index contributed by atoms with van der Waals surface area (Å²) in [7, 11) is 0. The van der Waals surface area contributed by atoms with E-state index < -0.39 is 0 Å². The van der Waals surface area contributed by atoms with Gasteiger partial charge in [-0.15, -0.1) is 5.10 Å². The summed E-state index contributed by atoms with van der Waals surface area (Å²) < 4.78 is 1.64. The number of carbonyl (C=O) groups excluding carboxylic acids is 2. The molecule has 9 nitrogen and oxygen atoms in total. The van der Waals surface area contributed by atoms with Crippen LogP contribution in [-0.4, -0.2) is 68.9 Å². The second-order valence-electron chi connectivity index (χ2n) is 8.83. The molecule has 1 aromatic heterocycles. The number of para-hydroxylation sites is 1. The molecule has 5 rings (SSSR count). The first-order valence-corrected chi connectivity index (χ1v) is 13.5. The van der Waals surface area contributed by atoms with Gasteiger partial charge >= 0.3 is 0 Å². The van der Waals surface area contributed by atoms with Crippen LogP contribution < -0.4 is 10.2 Å². The molecule has 0 spiro atoms. The van der Waals surface area contributed by atoms with Gasteiger partial charge in [0.1, 0.15) is 0 Å². The lowest BCUT2D eigenvalue weighted by molar-refractivity contribution is -0.113. The highest BCUT2D eigenvalue weighted by Crippen LogP contribution is 2.23. The molecule has 0 aliphatic carbocycles. The standard InChI is InChI=1S/C27H26ClN7O2S/c1-19-4-2-3-5-24(19)35-27(30-31-32-35)38-18-25(36)29-22-10-12-23(13-11-22)33-14-16-34(17-15-33)26(37)20-6-8-21(28)9-7-20/h2-13H,14-18H2,1H3,(H,29,36). The molecule has 1 N–H and O–H groups in total. The van der Waals surface area contributed by atoms with Crippen LogP contribution in [0.2, 0.25) is 5.02 Å². The van der Waals surface area contributed by atoms with Crippen LogP contribution in [0.3, 0.4) is 0 Å². The highest BCUT2D eigenvalue weighted by atomic mass is 35.5. The van der Waals surface area contributed by atoms with Crippen molar-refractivity contribution in [3.8, 4) is 5.69 Å². The molecule has 1 aliphatic heterocycles. The van der Waals surface area contributed by atoms with Crippen molar-refractivity contribution in [3.63, 3.8) is 0 Å². The number of piperazine rings is 1. The van der Waals surface area contributed by atoms with Gasteiger partial charge in [-0.05, 0) is 77.5 Å². The van der Waals surface area contributed by atoms with Crippen LogP contribution in [-0.2, 0) is 4.79 Å². The Labute approximate surface area is 229 Å². The van der Waals surface area contributed by atoms with Gasteiger partial charge in [0, 0.05) is 48.1 Å². The van der Waals surface area contributed by atoms with E-state index in [0.717, 1.165) is 35.7 Å². The topological polar surface area (TPSA) is 96.2 Å². The van der Waals surface area contributed by atoms with Gasteiger partial charge in [-0.3, -0.25) is 9.59 Å². The molecule has 38 heavy (non-hydrogen) atoms. The number of amides is 2. The third-order valence-electron chi connectivity index (χ3n) is 6.29. The minimum atomic E-state index is -0.142. The summed E-state index contributed by atoms with van der Waals surface area (Å²) >= 11 is 7.21. The lowest BCUT2D eigenvalue weighted by atomic mass is 10.1. The van der Waals surface area contributed by atoms with Gasteiger partial charge in [-0.25, -0.2) is 0 Å². The second kappa shape index (κ2) is 11.7. The molecule has 0 radical (unpaired) electrons. The predicted molar refractivity (Wildman–Crippen MR) is 149 cm³/mol. The highest BCUT2D eigenvalue weighted by Gasteiger charge is 2.22. The van der Waals surface area contributed by atoms with Crippen LogP contribution in [0.25, 0.3) is 5.69 Å². The Bertz CT molecular complexity index is 1420. The van der Waals surface area contributed by atoms with Crippen LogP contribution in [0, 0.1) is 6.92 Å². The molecule has 2 heterocycles. The summed E-state index contributed by atoms with van der Waals surface area (Å²) in [5.41, 5.74) is 4.34. The fourth-order valence-corrected chi connectivity index (χ4v) is 5.06. The van der Waals surface area contributed by atoms with Gasteiger partial charge < -0.3 is 15.1 Å². The number of hydrogen-bond acceptors (Lipinski definition) is 7. The highest BCUT2D eigenvalue weighted by molar-refractivity contribution is 7.99. The minimum Gasteiger partial charge on any atom is -0.368 e. The molecular formula is C27H26ClN7O2S. The fourth-order valence-electron chi connectivity index (χ4n) is 4.25. The van der Waals surface area contributed by atoms with Crippen molar-refractivity contribution >= 4 is 46.6 Å². The minimum absolute atomic E-state index is 0.0187. The molecule has 4 aromatic rings. The third kappa shape index (κ3) is 5.98. The van der Waals surface area contributed by atoms with Crippen LogP contribution in [0.4, 0.5) is 11.4 Å². The van der Waals surface area contributed by atoms with Gasteiger partial charge in [0.15, 0.2) is 0 Å². The van der Waals surface area contributed by atoms with E-state index in [4.69, 9.17) is 11.6 Å². The Balaban J connectivity index is 1.11. The summed E-state index contributed by atoms with van der Waals surface area (Å²) in [6.07, 6.45) is 0. The zero-order chi connectivity index (χ0) is 26.5. The number of anilines is 2. The summed E-state index contributed by atoms with van der Waals surface area (Å²) in [6, 6.07) is 22.5. The van der Waals surface area contributed by atoms with Crippen molar-refractivity contribution in [2.24, 2.45) is 0 Å². The Kier molecular flexibility index (Phi) is 7.90. The van der Waals surface area contributed by atoms with Crippen molar-refractivity contribution in [1.82, 2.24) is 25.1 Å². The Morgan fingerprint density at radius 3 is 2.37 bits per heavy atom. The summed E-state index contributed by atoms with van der Waals surface area (Å²) in [6.45, 7) is 4.73. The number of aryl methyl sites for hydroxylation is 1. The number of rotatable bonds is 7. The Morgan fingerprint density at radius 2 is 1.66 bits per heavy atom. The van der Waals surface area contributed by atoms with E-state index in [1.807, 2.05) is 60.4 Å². The normalized spacial score (nSPS) is 13.4. The second-order valence-corrected chi connectivity index (χ2v) is 10.2. The largest absolute Gasteiger partial charge is 0.368 e.